The Morgan fingerprint density at radius 3 is 2.38 bits per heavy atom. The molecule has 1 aliphatic heterocycles. The molecule has 2 saturated carbocycles. The number of H-pyrrole nitrogens is 1. The number of carbonyl (C=O) groups excluding carboxylic acids is 3. The largest absolute Gasteiger partial charge is 0.465 e. The van der Waals surface area contributed by atoms with E-state index < -0.39 is 40.8 Å². The first-order chi connectivity index (χ1) is 21.4. The maximum absolute atomic E-state index is 14.0. The van der Waals surface area contributed by atoms with E-state index in [9.17, 15) is 32.0 Å². The fraction of sp³-hybridized carbons (Fsp3) is 0.613. The molecule has 3 atom stereocenters. The summed E-state index contributed by atoms with van der Waals surface area (Å²) in [7, 11) is -3.74. The summed E-state index contributed by atoms with van der Waals surface area (Å²) in [6.07, 6.45) is 7.89. The molecular formula is C31H42FN5O7S. The Kier molecular flexibility index (Phi) is 10.00. The highest BCUT2D eigenvalue weighted by molar-refractivity contribution is 7.89. The van der Waals surface area contributed by atoms with Gasteiger partial charge >= 0.3 is 6.09 Å². The Morgan fingerprint density at radius 1 is 1.02 bits per heavy atom. The molecule has 5 N–H and O–H groups in total. The first-order valence-corrected chi connectivity index (χ1v) is 17.6. The van der Waals surface area contributed by atoms with E-state index in [1.807, 2.05) is 4.72 Å². The molecule has 0 bridgehead atoms. The second-order valence-electron chi connectivity index (χ2n) is 12.8. The molecule has 2 heterocycles. The molecular weight excluding hydrogens is 605 g/mol. The van der Waals surface area contributed by atoms with Gasteiger partial charge in [-0.2, -0.15) is 0 Å². The summed E-state index contributed by atoms with van der Waals surface area (Å²) in [4.78, 5) is 56.0. The lowest BCUT2D eigenvalue weighted by molar-refractivity contribution is -0.142. The Balaban J connectivity index is 1.31. The van der Waals surface area contributed by atoms with Crippen molar-refractivity contribution in [3.63, 3.8) is 0 Å². The number of sulfonamides is 1. The van der Waals surface area contributed by atoms with Crippen LogP contribution in [0, 0.1) is 23.7 Å². The second kappa shape index (κ2) is 13.8. The number of halogens is 1. The van der Waals surface area contributed by atoms with E-state index in [1.54, 1.807) is 23.1 Å². The van der Waals surface area contributed by atoms with Crippen LogP contribution in [0.4, 0.5) is 14.9 Å². The van der Waals surface area contributed by atoms with Gasteiger partial charge in [0, 0.05) is 29.1 Å². The molecule has 5 rings (SSSR count). The highest BCUT2D eigenvalue weighted by Gasteiger charge is 2.47. The summed E-state index contributed by atoms with van der Waals surface area (Å²) in [5.41, 5.74) is 1.15. The number of carboxylic acid groups (broad SMARTS) is 1. The number of fused-ring (bicyclic) bond motifs is 1. The first kappa shape index (κ1) is 32.7. The summed E-state index contributed by atoms with van der Waals surface area (Å²) in [5, 5.41) is 14.9. The number of anilines is 1. The van der Waals surface area contributed by atoms with E-state index >= 15 is 0 Å². The van der Waals surface area contributed by atoms with Crippen molar-refractivity contribution in [2.45, 2.75) is 76.3 Å². The molecule has 1 aromatic heterocycles. The minimum atomic E-state index is -3.74. The average molecular weight is 648 g/mol. The zero-order chi connectivity index (χ0) is 32.3. The van der Waals surface area contributed by atoms with Crippen molar-refractivity contribution in [2.24, 2.45) is 23.7 Å². The molecule has 1 aromatic carbocycles. The molecule has 2 aromatic rings. The van der Waals surface area contributed by atoms with Gasteiger partial charge in [0.15, 0.2) is 0 Å². The molecule has 12 nitrogen and oxygen atoms in total. The Bertz CT molecular complexity index is 1530. The van der Waals surface area contributed by atoms with E-state index in [0.29, 0.717) is 54.7 Å². The molecule has 0 spiro atoms. The number of aromatic amines is 1. The maximum atomic E-state index is 14.0. The summed E-state index contributed by atoms with van der Waals surface area (Å²) in [5.74, 6) is -1.23. The van der Waals surface area contributed by atoms with Crippen LogP contribution in [0.2, 0.25) is 0 Å². The van der Waals surface area contributed by atoms with Crippen molar-refractivity contribution in [1.82, 2.24) is 19.9 Å². The minimum absolute atomic E-state index is 0.0311. The van der Waals surface area contributed by atoms with Crippen LogP contribution >= 0.6 is 0 Å². The molecule has 4 amide bonds. The van der Waals surface area contributed by atoms with Crippen molar-refractivity contribution in [1.29, 1.82) is 0 Å². The number of rotatable bonds is 9. The first-order valence-electron chi connectivity index (χ1n) is 15.7. The lowest BCUT2D eigenvalue weighted by Gasteiger charge is -2.37. The Hall–Kier alpha value is -3.68. The summed E-state index contributed by atoms with van der Waals surface area (Å²) in [6, 6.07) is 5.17. The molecule has 0 radical (unpaired) electrons. The van der Waals surface area contributed by atoms with Gasteiger partial charge in [-0.3, -0.25) is 14.4 Å². The van der Waals surface area contributed by atoms with Gasteiger partial charge in [0.25, 0.3) is 5.91 Å². The molecule has 14 heteroatoms. The standard InChI is InChI=1S/C31H42FN5O7S/c1-45(43,44)36-28(38)25-16-21-15-22(11-12-24(21)34-25)33-29(39)27-23(18-5-3-2-4-6-18)13-14-37(27)30(40)20-9-7-19(8-10-20)26(17-32)35-31(41)42/h11-12,15-16,18-20,23,26-27,34-35H,2-10,13-14,17H2,1H3,(H,33,39)(H,36,38)(H,41,42)/t19?,20?,23-,26+,27-/m0/s1. The smallest absolute Gasteiger partial charge is 0.404 e. The van der Waals surface area contributed by atoms with Crippen LogP contribution in [0.5, 0.6) is 0 Å². The topological polar surface area (TPSA) is 178 Å². The number of hydrogen-bond donors (Lipinski definition) is 5. The zero-order valence-electron chi connectivity index (χ0n) is 25.4. The van der Waals surface area contributed by atoms with Crippen LogP contribution in [0.25, 0.3) is 10.9 Å². The van der Waals surface area contributed by atoms with Crippen molar-refractivity contribution in [2.75, 3.05) is 24.8 Å². The van der Waals surface area contributed by atoms with Gasteiger partial charge in [0.05, 0.1) is 12.3 Å². The van der Waals surface area contributed by atoms with Crippen LogP contribution < -0.4 is 15.4 Å². The van der Waals surface area contributed by atoms with Crippen molar-refractivity contribution in [3.8, 4) is 0 Å². The zero-order valence-corrected chi connectivity index (χ0v) is 26.2. The van der Waals surface area contributed by atoms with Gasteiger partial charge in [-0.25, -0.2) is 22.3 Å². The lowest BCUT2D eigenvalue weighted by atomic mass is 9.76. The van der Waals surface area contributed by atoms with Crippen LogP contribution in [-0.2, 0) is 19.6 Å². The number of aromatic nitrogens is 1. The fourth-order valence-corrected chi connectivity index (χ4v) is 8.12. The third kappa shape index (κ3) is 7.77. The number of likely N-dealkylation sites (tertiary alicyclic amines) is 1. The number of benzene rings is 1. The van der Waals surface area contributed by atoms with Crippen molar-refractivity contribution >= 4 is 50.4 Å². The monoisotopic (exact) mass is 647 g/mol. The summed E-state index contributed by atoms with van der Waals surface area (Å²) in [6.45, 7) is -0.307. The van der Waals surface area contributed by atoms with Gasteiger partial charge in [0.2, 0.25) is 21.8 Å². The number of nitrogens with one attached hydrogen (secondary N) is 4. The maximum Gasteiger partial charge on any atom is 0.404 e. The third-order valence-corrected chi connectivity index (χ3v) is 10.4. The van der Waals surface area contributed by atoms with Gasteiger partial charge in [-0.05, 0) is 74.1 Å². The highest BCUT2D eigenvalue weighted by atomic mass is 32.2. The van der Waals surface area contributed by atoms with Crippen LogP contribution in [-0.4, -0.2) is 78.8 Å². The predicted molar refractivity (Wildman–Crippen MR) is 166 cm³/mol. The van der Waals surface area contributed by atoms with E-state index in [4.69, 9.17) is 5.11 Å². The minimum Gasteiger partial charge on any atom is -0.465 e. The van der Waals surface area contributed by atoms with E-state index in [-0.39, 0.29) is 35.3 Å². The molecule has 3 aliphatic rings. The molecule has 45 heavy (non-hydrogen) atoms. The summed E-state index contributed by atoms with van der Waals surface area (Å²) < 4.78 is 38.4. The number of nitrogens with zero attached hydrogens (tertiary/aromatic N) is 1. The normalized spacial score (nSPS) is 25.1. The molecule has 3 fully saturated rings. The average Bonchev–Trinajstić information content (AvgIpc) is 3.64. The van der Waals surface area contributed by atoms with Crippen LogP contribution in [0.3, 0.4) is 0 Å². The number of carbonyl (C=O) groups is 4. The van der Waals surface area contributed by atoms with E-state index in [2.05, 4.69) is 15.6 Å². The fourth-order valence-electron chi connectivity index (χ4n) is 7.67. The lowest BCUT2D eigenvalue weighted by Crippen LogP contribution is -2.50. The van der Waals surface area contributed by atoms with E-state index in [0.717, 1.165) is 38.4 Å². The number of hydrogen-bond acceptors (Lipinski definition) is 6. The molecule has 246 valence electrons. The van der Waals surface area contributed by atoms with Gasteiger partial charge in [-0.1, -0.05) is 32.1 Å². The third-order valence-electron chi connectivity index (χ3n) is 9.83. The summed E-state index contributed by atoms with van der Waals surface area (Å²) >= 11 is 0. The Labute approximate surface area is 261 Å². The molecule has 1 saturated heterocycles. The highest BCUT2D eigenvalue weighted by Crippen LogP contribution is 2.41. The number of amides is 4. The predicted octanol–water partition coefficient (Wildman–Crippen LogP) is 4.01. The molecule has 2 aliphatic carbocycles. The van der Waals surface area contributed by atoms with Crippen LogP contribution in [0.15, 0.2) is 24.3 Å². The van der Waals surface area contributed by atoms with Gasteiger partial charge in [-0.15, -0.1) is 0 Å². The quantitative estimate of drug-likeness (QED) is 0.273. The van der Waals surface area contributed by atoms with Gasteiger partial charge in [0.1, 0.15) is 18.4 Å². The van der Waals surface area contributed by atoms with Crippen molar-refractivity contribution < 1.29 is 37.1 Å². The van der Waals surface area contributed by atoms with Crippen LogP contribution in [0.1, 0.15) is 74.7 Å². The van der Waals surface area contributed by atoms with Crippen molar-refractivity contribution in [3.05, 3.63) is 30.0 Å². The molecule has 0 unspecified atom stereocenters. The van der Waals surface area contributed by atoms with Gasteiger partial charge < -0.3 is 25.6 Å². The van der Waals surface area contributed by atoms with E-state index in [1.165, 1.54) is 12.5 Å². The Morgan fingerprint density at radius 2 is 1.73 bits per heavy atom. The SMILES string of the molecule is CS(=O)(=O)NC(=O)c1cc2cc(NC(=O)[C@@H]3[C@H](C4CCCCC4)CCN3C(=O)C3CCC([C@@H](CF)NC(=O)O)CC3)ccc2[nH]1. The second-order valence-corrected chi connectivity index (χ2v) is 14.6. The number of alkyl halides is 1.